The van der Waals surface area contributed by atoms with E-state index in [0.717, 1.165) is 54.3 Å². The number of hydrogen-bond donors (Lipinski definition) is 1. The van der Waals surface area contributed by atoms with Crippen LogP contribution >= 0.6 is 0 Å². The van der Waals surface area contributed by atoms with Crippen molar-refractivity contribution in [1.82, 2.24) is 4.90 Å². The molecule has 1 N–H and O–H groups in total. The van der Waals surface area contributed by atoms with Gasteiger partial charge < -0.3 is 9.84 Å². The molecular weight excluding hydrogens is 386 g/mol. The third-order valence-electron chi connectivity index (χ3n) is 8.16. The Morgan fingerprint density at radius 3 is 2.68 bits per heavy atom. The summed E-state index contributed by atoms with van der Waals surface area (Å²) in [5.41, 5.74) is 1.49. The Hall–Kier alpha value is -1.65. The molecule has 0 radical (unpaired) electrons. The van der Waals surface area contributed by atoms with Gasteiger partial charge in [-0.05, 0) is 86.7 Å². The molecule has 4 heteroatoms. The number of benzene rings is 1. The number of allylic oxidation sites excluding steroid dienone is 1. The maximum absolute atomic E-state index is 13.4. The number of methoxy groups -OCH3 is 1. The minimum atomic E-state index is -0.978. The second-order valence-electron chi connectivity index (χ2n) is 10.7. The number of carbonyl (C=O) groups excluding carboxylic acids is 1. The van der Waals surface area contributed by atoms with Crippen molar-refractivity contribution in [3.8, 4) is 5.75 Å². The van der Waals surface area contributed by atoms with E-state index < -0.39 is 11.0 Å². The standard InChI is InChI=1S/C27H39NO3/c1-18(2)6-10-22-15-27(30)20(4)28(17-21-8-9-21)13-12-26(27,16-25(22)29)24-14-23(31-5)11-7-19(24)3/h7,10-11,14,18,20-21,30H,6,8-9,12-13,15-17H2,1-5H3. The fraction of sp³-hybridized carbons (Fsp3) is 0.667. The number of aryl methyl sites for hydroxylation is 1. The van der Waals surface area contributed by atoms with Crippen LogP contribution < -0.4 is 4.74 Å². The number of rotatable bonds is 6. The van der Waals surface area contributed by atoms with E-state index >= 15 is 0 Å². The Kier molecular flexibility index (Phi) is 6.08. The van der Waals surface area contributed by atoms with Gasteiger partial charge in [0, 0.05) is 30.8 Å². The van der Waals surface area contributed by atoms with Crippen LogP contribution in [0, 0.1) is 18.8 Å². The van der Waals surface area contributed by atoms with Crippen LogP contribution in [-0.4, -0.2) is 47.6 Å². The predicted molar refractivity (Wildman–Crippen MR) is 125 cm³/mol. The van der Waals surface area contributed by atoms with Crippen LogP contribution in [0.15, 0.2) is 29.8 Å². The lowest BCUT2D eigenvalue weighted by Crippen LogP contribution is -2.70. The molecular formula is C27H39NO3. The molecule has 1 aromatic carbocycles. The molecule has 4 nitrogen and oxygen atoms in total. The largest absolute Gasteiger partial charge is 0.497 e. The van der Waals surface area contributed by atoms with E-state index in [0.29, 0.717) is 18.8 Å². The first-order valence-electron chi connectivity index (χ1n) is 12.0. The van der Waals surface area contributed by atoms with E-state index in [1.807, 2.05) is 6.07 Å². The summed E-state index contributed by atoms with van der Waals surface area (Å²) in [6, 6.07) is 6.11. The molecule has 170 valence electrons. The topological polar surface area (TPSA) is 49.8 Å². The normalized spacial score (nSPS) is 33.1. The number of carbonyl (C=O) groups is 1. The van der Waals surface area contributed by atoms with Crippen LogP contribution in [0.25, 0.3) is 0 Å². The summed E-state index contributed by atoms with van der Waals surface area (Å²) < 4.78 is 5.54. The Balaban J connectivity index is 1.80. The molecule has 4 rings (SSSR count). The lowest BCUT2D eigenvalue weighted by atomic mass is 9.52. The van der Waals surface area contributed by atoms with E-state index in [1.165, 1.54) is 12.8 Å². The van der Waals surface area contributed by atoms with Crippen LogP contribution in [0.5, 0.6) is 5.75 Å². The highest BCUT2D eigenvalue weighted by Crippen LogP contribution is 2.55. The first kappa shape index (κ1) is 22.5. The Morgan fingerprint density at radius 1 is 1.29 bits per heavy atom. The van der Waals surface area contributed by atoms with Crippen molar-refractivity contribution in [3.05, 3.63) is 41.0 Å². The lowest BCUT2D eigenvalue weighted by Gasteiger charge is -2.60. The van der Waals surface area contributed by atoms with Crippen molar-refractivity contribution in [2.45, 2.75) is 83.3 Å². The van der Waals surface area contributed by atoms with Crippen molar-refractivity contribution in [3.63, 3.8) is 0 Å². The summed E-state index contributed by atoms with van der Waals surface area (Å²) in [6.45, 7) is 10.6. The number of Topliss-reactive ketones (excluding diaryl/α,β-unsaturated/α-hetero) is 1. The maximum Gasteiger partial charge on any atom is 0.159 e. The quantitative estimate of drug-likeness (QED) is 0.665. The van der Waals surface area contributed by atoms with Crippen LogP contribution in [-0.2, 0) is 10.2 Å². The number of fused-ring (bicyclic) bond motifs is 1. The van der Waals surface area contributed by atoms with Gasteiger partial charge in [-0.3, -0.25) is 9.69 Å². The predicted octanol–water partition coefficient (Wildman–Crippen LogP) is 4.81. The lowest BCUT2D eigenvalue weighted by molar-refractivity contribution is -0.155. The molecule has 2 aliphatic carbocycles. The summed E-state index contributed by atoms with van der Waals surface area (Å²) >= 11 is 0. The molecule has 1 saturated heterocycles. The van der Waals surface area contributed by atoms with E-state index in [4.69, 9.17) is 4.74 Å². The van der Waals surface area contributed by atoms with Crippen LogP contribution in [0.4, 0.5) is 0 Å². The highest BCUT2D eigenvalue weighted by atomic mass is 16.5. The fourth-order valence-electron chi connectivity index (χ4n) is 5.93. The average Bonchev–Trinajstić information content (AvgIpc) is 3.55. The third kappa shape index (κ3) is 3.98. The van der Waals surface area contributed by atoms with E-state index in [-0.39, 0.29) is 11.8 Å². The van der Waals surface area contributed by atoms with Gasteiger partial charge >= 0.3 is 0 Å². The molecule has 1 heterocycles. The van der Waals surface area contributed by atoms with Gasteiger partial charge in [-0.25, -0.2) is 0 Å². The number of hydrogen-bond acceptors (Lipinski definition) is 4. The van der Waals surface area contributed by atoms with Gasteiger partial charge in [0.05, 0.1) is 12.7 Å². The summed E-state index contributed by atoms with van der Waals surface area (Å²) in [4.78, 5) is 15.9. The summed E-state index contributed by atoms with van der Waals surface area (Å²) in [7, 11) is 1.68. The molecule has 31 heavy (non-hydrogen) atoms. The van der Waals surface area contributed by atoms with Gasteiger partial charge in [-0.15, -0.1) is 0 Å². The Morgan fingerprint density at radius 2 is 2.03 bits per heavy atom. The van der Waals surface area contributed by atoms with E-state index in [2.05, 4.69) is 50.8 Å². The van der Waals surface area contributed by atoms with Crippen LogP contribution in [0.2, 0.25) is 0 Å². The minimum Gasteiger partial charge on any atom is -0.497 e. The Labute approximate surface area is 187 Å². The number of piperidine rings is 1. The van der Waals surface area contributed by atoms with Crippen molar-refractivity contribution in [1.29, 1.82) is 0 Å². The SMILES string of the molecule is COc1ccc(C)c(C23CCN(CC4CC4)C(C)C2(O)CC(=CCC(C)C)C(=O)C3)c1. The minimum absolute atomic E-state index is 0.00278. The second kappa shape index (κ2) is 8.37. The molecule has 3 atom stereocenters. The number of ether oxygens (including phenoxy) is 1. The zero-order valence-electron chi connectivity index (χ0n) is 19.9. The van der Waals surface area contributed by atoms with Gasteiger partial charge in [0.15, 0.2) is 5.78 Å². The number of likely N-dealkylation sites (tertiary alicyclic amines) is 1. The van der Waals surface area contributed by atoms with E-state index in [1.54, 1.807) is 7.11 Å². The van der Waals surface area contributed by atoms with Gasteiger partial charge in [0.1, 0.15) is 5.75 Å². The molecule has 3 fully saturated rings. The highest BCUT2D eigenvalue weighted by Gasteiger charge is 2.62. The zero-order valence-corrected chi connectivity index (χ0v) is 19.9. The van der Waals surface area contributed by atoms with Gasteiger partial charge in [0.2, 0.25) is 0 Å². The molecule has 1 aromatic rings. The first-order chi connectivity index (χ1) is 14.7. The molecule has 2 saturated carbocycles. The molecule has 3 unspecified atom stereocenters. The third-order valence-corrected chi connectivity index (χ3v) is 8.16. The smallest absolute Gasteiger partial charge is 0.159 e. The fourth-order valence-corrected chi connectivity index (χ4v) is 5.93. The van der Waals surface area contributed by atoms with Crippen molar-refractivity contribution >= 4 is 5.78 Å². The molecule has 1 aliphatic heterocycles. The monoisotopic (exact) mass is 425 g/mol. The van der Waals surface area contributed by atoms with Crippen molar-refractivity contribution in [2.75, 3.05) is 20.2 Å². The van der Waals surface area contributed by atoms with E-state index in [9.17, 15) is 9.90 Å². The maximum atomic E-state index is 13.4. The molecule has 3 aliphatic rings. The average molecular weight is 426 g/mol. The molecule has 0 amide bonds. The number of ketones is 1. The van der Waals surface area contributed by atoms with Crippen molar-refractivity contribution < 1.29 is 14.6 Å². The van der Waals surface area contributed by atoms with Gasteiger partial charge in [0.25, 0.3) is 0 Å². The summed E-state index contributed by atoms with van der Waals surface area (Å²) in [5, 5.41) is 12.5. The van der Waals surface area contributed by atoms with Crippen LogP contribution in [0.3, 0.4) is 0 Å². The number of aliphatic hydroxyl groups is 1. The van der Waals surface area contributed by atoms with Gasteiger partial charge in [-0.1, -0.05) is 26.0 Å². The summed E-state index contributed by atoms with van der Waals surface area (Å²) in [6.07, 6.45) is 7.21. The molecule has 0 spiro atoms. The molecule has 0 bridgehead atoms. The highest BCUT2D eigenvalue weighted by molar-refractivity contribution is 5.98. The van der Waals surface area contributed by atoms with Crippen LogP contribution in [0.1, 0.15) is 70.4 Å². The van der Waals surface area contributed by atoms with Gasteiger partial charge in [-0.2, -0.15) is 0 Å². The molecule has 0 aromatic heterocycles. The van der Waals surface area contributed by atoms with Crippen molar-refractivity contribution in [2.24, 2.45) is 11.8 Å². The second-order valence-corrected chi connectivity index (χ2v) is 10.7. The first-order valence-corrected chi connectivity index (χ1v) is 12.0. The Bertz CT molecular complexity index is 871. The number of nitrogens with zero attached hydrogens (tertiary/aromatic N) is 1. The zero-order chi connectivity index (χ0) is 22.4. The summed E-state index contributed by atoms with van der Waals surface area (Å²) in [5.74, 6) is 2.27.